The van der Waals surface area contributed by atoms with Gasteiger partial charge in [-0.3, -0.25) is 4.57 Å². The molecule has 0 unspecified atom stereocenters. The van der Waals surface area contributed by atoms with E-state index < -0.39 is 0 Å². The van der Waals surface area contributed by atoms with Crippen LogP contribution in [0.15, 0.2) is 66.7 Å². The van der Waals surface area contributed by atoms with Crippen LogP contribution >= 0.6 is 8.46 Å². The standard InChI is InChI=1S/2C9H12.C6H5OP/c2*1-7-4-8(2)6-9(3)5-7;7-8-6-4-2-1-3-5-6/h2*4-6H,1-3H3;1-5H. The summed E-state index contributed by atoms with van der Waals surface area (Å²) in [6, 6.07) is 22.4. The first-order valence-electron chi connectivity index (χ1n) is 8.78. The fourth-order valence-electron chi connectivity index (χ4n) is 2.89. The molecule has 0 saturated heterocycles. The molecule has 0 aromatic heterocycles. The lowest BCUT2D eigenvalue weighted by atomic mass is 10.1. The van der Waals surface area contributed by atoms with E-state index in [1.165, 1.54) is 33.4 Å². The van der Waals surface area contributed by atoms with Gasteiger partial charge >= 0.3 is 0 Å². The van der Waals surface area contributed by atoms with Gasteiger partial charge < -0.3 is 0 Å². The van der Waals surface area contributed by atoms with Crippen LogP contribution in [-0.4, -0.2) is 0 Å². The molecule has 3 rings (SSSR count). The number of aryl methyl sites for hydroxylation is 6. The van der Waals surface area contributed by atoms with Crippen LogP contribution in [0.2, 0.25) is 0 Å². The Labute approximate surface area is 160 Å². The third-order valence-electron chi connectivity index (χ3n) is 3.59. The van der Waals surface area contributed by atoms with E-state index in [2.05, 4.69) is 77.9 Å². The fourth-order valence-corrected chi connectivity index (χ4v) is 3.19. The van der Waals surface area contributed by atoms with E-state index in [4.69, 9.17) is 0 Å². The predicted octanol–water partition coefficient (Wildman–Crippen LogP) is 6.83. The molecular formula is C24H29OP. The van der Waals surface area contributed by atoms with Crippen molar-refractivity contribution in [3.63, 3.8) is 0 Å². The van der Waals surface area contributed by atoms with Crippen molar-refractivity contribution in [2.45, 2.75) is 41.5 Å². The summed E-state index contributed by atoms with van der Waals surface area (Å²) in [6.45, 7) is 12.8. The van der Waals surface area contributed by atoms with E-state index >= 15 is 0 Å². The van der Waals surface area contributed by atoms with Gasteiger partial charge in [0.05, 0.1) is 0 Å². The number of rotatable bonds is 1. The molecule has 0 aliphatic rings. The number of hydrogen-bond acceptors (Lipinski definition) is 1. The Kier molecular flexibility index (Phi) is 9.55. The Morgan fingerprint density at radius 2 is 0.769 bits per heavy atom. The van der Waals surface area contributed by atoms with Crippen molar-refractivity contribution in [1.82, 2.24) is 0 Å². The quantitative estimate of drug-likeness (QED) is 0.433. The van der Waals surface area contributed by atoms with Crippen LogP contribution in [0, 0.1) is 41.5 Å². The second-order valence-electron chi connectivity index (χ2n) is 6.76. The van der Waals surface area contributed by atoms with Crippen molar-refractivity contribution in [2.75, 3.05) is 0 Å². The van der Waals surface area contributed by atoms with Crippen molar-refractivity contribution in [3.8, 4) is 0 Å². The van der Waals surface area contributed by atoms with Crippen molar-refractivity contribution in [2.24, 2.45) is 0 Å². The van der Waals surface area contributed by atoms with Gasteiger partial charge in [0.1, 0.15) is 0 Å². The molecule has 0 N–H and O–H groups in total. The van der Waals surface area contributed by atoms with Gasteiger partial charge in [-0.05, 0) is 53.7 Å². The maximum absolute atomic E-state index is 10.1. The summed E-state index contributed by atoms with van der Waals surface area (Å²) in [4.78, 5) is 0. The molecule has 0 fully saturated rings. The Morgan fingerprint density at radius 1 is 0.500 bits per heavy atom. The third kappa shape index (κ3) is 9.30. The first-order valence-corrected chi connectivity index (χ1v) is 9.59. The van der Waals surface area contributed by atoms with E-state index in [0.717, 1.165) is 5.30 Å². The lowest BCUT2D eigenvalue weighted by molar-refractivity contribution is 0.603. The minimum Gasteiger partial charge on any atom is -0.269 e. The SMILES string of the molecule is Cc1cc(C)cc(C)c1.Cc1cc(C)cc(C)c1.O=Pc1ccccc1. The van der Waals surface area contributed by atoms with Gasteiger partial charge in [-0.2, -0.15) is 0 Å². The van der Waals surface area contributed by atoms with Gasteiger partial charge in [0.15, 0.2) is 8.46 Å². The van der Waals surface area contributed by atoms with Crippen LogP contribution in [0.1, 0.15) is 33.4 Å². The van der Waals surface area contributed by atoms with E-state index in [9.17, 15) is 4.57 Å². The number of benzene rings is 3. The minimum absolute atomic E-state index is 0.0994. The van der Waals surface area contributed by atoms with Gasteiger partial charge in [-0.15, -0.1) is 0 Å². The van der Waals surface area contributed by atoms with Crippen molar-refractivity contribution >= 4 is 13.8 Å². The minimum atomic E-state index is 0.0994. The van der Waals surface area contributed by atoms with Crippen LogP contribution in [0.25, 0.3) is 0 Å². The topological polar surface area (TPSA) is 17.1 Å². The summed E-state index contributed by atoms with van der Waals surface area (Å²) in [5.41, 5.74) is 8.13. The maximum atomic E-state index is 10.1. The largest absolute Gasteiger partial charge is 0.269 e. The van der Waals surface area contributed by atoms with Gasteiger partial charge in [-0.1, -0.05) is 88.0 Å². The third-order valence-corrected chi connectivity index (χ3v) is 4.10. The zero-order valence-electron chi connectivity index (χ0n) is 16.7. The van der Waals surface area contributed by atoms with Gasteiger partial charge in [0.25, 0.3) is 0 Å². The predicted molar refractivity (Wildman–Crippen MR) is 115 cm³/mol. The Balaban J connectivity index is 0.000000195. The van der Waals surface area contributed by atoms with Crippen LogP contribution in [0.5, 0.6) is 0 Å². The molecule has 26 heavy (non-hydrogen) atoms. The summed E-state index contributed by atoms with van der Waals surface area (Å²) < 4.78 is 10.1. The summed E-state index contributed by atoms with van der Waals surface area (Å²) in [7, 11) is 0.0994. The van der Waals surface area contributed by atoms with Crippen molar-refractivity contribution in [3.05, 3.63) is 100 Å². The smallest absolute Gasteiger partial charge is 0.192 e. The second-order valence-corrected chi connectivity index (χ2v) is 7.46. The zero-order chi connectivity index (χ0) is 19.5. The molecular weight excluding hydrogens is 335 g/mol. The molecule has 136 valence electrons. The molecule has 0 heterocycles. The molecule has 0 spiro atoms. The molecule has 0 aliphatic heterocycles. The van der Waals surface area contributed by atoms with Crippen molar-refractivity contribution in [1.29, 1.82) is 0 Å². The van der Waals surface area contributed by atoms with Crippen molar-refractivity contribution < 1.29 is 4.57 Å². The zero-order valence-corrected chi connectivity index (χ0v) is 17.6. The second kappa shape index (κ2) is 11.4. The molecule has 0 aliphatic carbocycles. The van der Waals surface area contributed by atoms with Crippen LogP contribution in [-0.2, 0) is 4.57 Å². The van der Waals surface area contributed by atoms with E-state index in [0.29, 0.717) is 0 Å². The highest BCUT2D eigenvalue weighted by molar-refractivity contribution is 7.34. The average Bonchev–Trinajstić information content (AvgIpc) is 2.54. The molecule has 0 radical (unpaired) electrons. The molecule has 0 saturated carbocycles. The van der Waals surface area contributed by atoms with Gasteiger partial charge in [0, 0.05) is 5.30 Å². The Hall–Kier alpha value is -2.24. The summed E-state index contributed by atoms with van der Waals surface area (Å²) in [6.07, 6.45) is 0. The summed E-state index contributed by atoms with van der Waals surface area (Å²) in [5, 5.41) is 0.826. The lowest BCUT2D eigenvalue weighted by Gasteiger charge is -1.96. The van der Waals surface area contributed by atoms with E-state index in [1.54, 1.807) is 0 Å². The lowest BCUT2D eigenvalue weighted by Crippen LogP contribution is -1.84. The average molecular weight is 364 g/mol. The maximum Gasteiger partial charge on any atom is 0.192 e. The van der Waals surface area contributed by atoms with E-state index in [1.807, 2.05) is 30.3 Å². The monoisotopic (exact) mass is 364 g/mol. The summed E-state index contributed by atoms with van der Waals surface area (Å²) in [5.74, 6) is 0. The Bertz CT molecular complexity index is 672. The highest BCUT2D eigenvalue weighted by atomic mass is 31.1. The molecule has 2 heteroatoms. The van der Waals surface area contributed by atoms with Crippen LogP contribution in [0.3, 0.4) is 0 Å². The molecule has 0 bridgehead atoms. The van der Waals surface area contributed by atoms with Crippen LogP contribution in [0.4, 0.5) is 0 Å². The number of hydrogen-bond donors (Lipinski definition) is 0. The summed E-state index contributed by atoms with van der Waals surface area (Å²) >= 11 is 0. The molecule has 0 amide bonds. The molecule has 0 atom stereocenters. The normalized spacial score (nSPS) is 9.62. The van der Waals surface area contributed by atoms with E-state index in [-0.39, 0.29) is 8.46 Å². The Morgan fingerprint density at radius 3 is 0.962 bits per heavy atom. The molecule has 3 aromatic rings. The highest BCUT2D eigenvalue weighted by Crippen LogP contribution is 2.07. The van der Waals surface area contributed by atoms with Crippen LogP contribution < -0.4 is 5.30 Å². The van der Waals surface area contributed by atoms with Gasteiger partial charge in [0.2, 0.25) is 0 Å². The fraction of sp³-hybridized carbons (Fsp3) is 0.250. The highest BCUT2D eigenvalue weighted by Gasteiger charge is 1.88. The first-order chi connectivity index (χ1) is 12.3. The first kappa shape index (κ1) is 21.8. The molecule has 3 aromatic carbocycles. The van der Waals surface area contributed by atoms with Gasteiger partial charge in [-0.25, -0.2) is 0 Å². The molecule has 1 nitrogen and oxygen atoms in total.